The molecule has 3 rings (SSSR count). The molecule has 19 heavy (non-hydrogen) atoms. The Hall–Kier alpha value is -2.16. The van der Waals surface area contributed by atoms with Gasteiger partial charge in [-0.1, -0.05) is 0 Å². The summed E-state index contributed by atoms with van der Waals surface area (Å²) in [5.41, 5.74) is 7.00. The smallest absolute Gasteiger partial charge is 0.0717 e. The number of hydrogen-bond donors (Lipinski definition) is 0. The van der Waals surface area contributed by atoms with Crippen LogP contribution in [0, 0.1) is 0 Å². The van der Waals surface area contributed by atoms with E-state index in [1.807, 2.05) is 0 Å². The Balaban J connectivity index is 2.14. The predicted octanol–water partition coefficient (Wildman–Crippen LogP) is 3.37. The number of rotatable bonds is 2. The highest BCUT2D eigenvalue weighted by atomic mass is 15.1. The molecule has 97 valence electrons. The van der Waals surface area contributed by atoms with E-state index in [1.54, 1.807) is 0 Å². The maximum atomic E-state index is 4.68. The second-order valence-electron chi connectivity index (χ2n) is 5.30. The number of nitrogens with zero attached hydrogens (tertiary/aromatic N) is 3. The van der Waals surface area contributed by atoms with Crippen LogP contribution in [0.15, 0.2) is 36.4 Å². The third-order valence-corrected chi connectivity index (χ3v) is 3.52. The van der Waals surface area contributed by atoms with Crippen molar-refractivity contribution in [1.29, 1.82) is 0 Å². The van der Waals surface area contributed by atoms with Crippen molar-refractivity contribution < 1.29 is 0 Å². The van der Waals surface area contributed by atoms with E-state index >= 15 is 0 Å². The van der Waals surface area contributed by atoms with Crippen molar-refractivity contribution in [2.24, 2.45) is 0 Å². The molecule has 2 aromatic carbocycles. The quantitative estimate of drug-likeness (QED) is 0.697. The monoisotopic (exact) mass is 252 g/mol. The lowest BCUT2D eigenvalue weighted by Crippen LogP contribution is -2.08. The van der Waals surface area contributed by atoms with Crippen molar-refractivity contribution in [2.75, 3.05) is 38.0 Å². The number of anilines is 2. The summed E-state index contributed by atoms with van der Waals surface area (Å²) < 4.78 is 0. The van der Waals surface area contributed by atoms with Crippen molar-refractivity contribution in [3.63, 3.8) is 0 Å². The molecule has 0 aliphatic carbocycles. The molecule has 1 aliphatic heterocycles. The zero-order valence-electron chi connectivity index (χ0n) is 11.8. The fraction of sp³-hybridized carbons (Fsp3) is 0.250. The van der Waals surface area contributed by atoms with Crippen LogP contribution < -0.4 is 15.1 Å². The lowest BCUT2D eigenvalue weighted by molar-refractivity contribution is 1.13. The molecule has 0 saturated carbocycles. The van der Waals surface area contributed by atoms with Gasteiger partial charge in [0.25, 0.3) is 0 Å². The van der Waals surface area contributed by atoms with Gasteiger partial charge in [-0.2, -0.15) is 0 Å². The number of fused-ring (bicyclic) bond motifs is 3. The zero-order valence-corrected chi connectivity index (χ0v) is 11.8. The second kappa shape index (κ2) is 4.19. The van der Waals surface area contributed by atoms with Crippen LogP contribution in [-0.4, -0.2) is 28.2 Å². The molecule has 2 aromatic rings. The first-order valence-electron chi connectivity index (χ1n) is 6.41. The van der Waals surface area contributed by atoms with Gasteiger partial charge in [0.1, 0.15) is 0 Å². The summed E-state index contributed by atoms with van der Waals surface area (Å²) in [6.07, 6.45) is 0. The van der Waals surface area contributed by atoms with Crippen molar-refractivity contribution in [1.82, 2.24) is 5.32 Å². The molecule has 0 aromatic heterocycles. The Labute approximate surface area is 114 Å². The minimum Gasteiger partial charge on any atom is -0.378 e. The normalized spacial score (nSPS) is 11.6. The molecule has 0 spiro atoms. The SMILES string of the molecule is CN(C)c1ccc2c(c1)-c1cc(N(C)C)ccc1[N]2. The molecule has 0 saturated heterocycles. The van der Waals surface area contributed by atoms with Crippen LogP contribution in [0.2, 0.25) is 0 Å². The van der Waals surface area contributed by atoms with Gasteiger partial charge in [-0.15, -0.1) is 0 Å². The third-order valence-electron chi connectivity index (χ3n) is 3.52. The maximum Gasteiger partial charge on any atom is 0.0717 e. The fourth-order valence-corrected chi connectivity index (χ4v) is 2.36. The van der Waals surface area contributed by atoms with Gasteiger partial charge in [-0.3, -0.25) is 0 Å². The lowest BCUT2D eigenvalue weighted by atomic mass is 10.0. The van der Waals surface area contributed by atoms with E-state index in [0.29, 0.717) is 0 Å². The first-order valence-corrected chi connectivity index (χ1v) is 6.41. The van der Waals surface area contributed by atoms with E-state index in [4.69, 9.17) is 0 Å². The van der Waals surface area contributed by atoms with Crippen LogP contribution in [0.3, 0.4) is 0 Å². The van der Waals surface area contributed by atoms with Crippen LogP contribution in [0.1, 0.15) is 0 Å². The standard InChI is InChI=1S/C16H18N3/c1-18(2)11-5-7-15-13(9-11)14-10-12(19(3)4)6-8-16(14)17-15/h5-10H,1-4H3. The Morgan fingerprint density at radius 3 is 1.47 bits per heavy atom. The van der Waals surface area contributed by atoms with Crippen LogP contribution in [0.5, 0.6) is 0 Å². The molecule has 1 heterocycles. The van der Waals surface area contributed by atoms with E-state index in [-0.39, 0.29) is 0 Å². The summed E-state index contributed by atoms with van der Waals surface area (Å²) >= 11 is 0. The molecule has 0 N–H and O–H groups in total. The van der Waals surface area contributed by atoms with Crippen LogP contribution in [0.4, 0.5) is 22.7 Å². The Morgan fingerprint density at radius 1 is 0.684 bits per heavy atom. The maximum absolute atomic E-state index is 4.68. The molecule has 3 heteroatoms. The molecule has 0 unspecified atom stereocenters. The second-order valence-corrected chi connectivity index (χ2v) is 5.30. The van der Waals surface area contributed by atoms with Crippen LogP contribution in [-0.2, 0) is 0 Å². The summed E-state index contributed by atoms with van der Waals surface area (Å²) in [6.45, 7) is 0. The van der Waals surface area contributed by atoms with Gasteiger partial charge >= 0.3 is 0 Å². The van der Waals surface area contributed by atoms with Gasteiger partial charge in [0.2, 0.25) is 0 Å². The summed E-state index contributed by atoms with van der Waals surface area (Å²) in [7, 11) is 8.24. The highest BCUT2D eigenvalue weighted by Gasteiger charge is 2.20. The molecular weight excluding hydrogens is 234 g/mol. The summed E-state index contributed by atoms with van der Waals surface area (Å²) in [6, 6.07) is 12.8. The highest BCUT2D eigenvalue weighted by Crippen LogP contribution is 2.45. The van der Waals surface area contributed by atoms with Crippen molar-refractivity contribution in [3.05, 3.63) is 36.4 Å². The molecule has 3 nitrogen and oxygen atoms in total. The summed E-state index contributed by atoms with van der Waals surface area (Å²) in [4.78, 5) is 4.24. The van der Waals surface area contributed by atoms with Gasteiger partial charge in [0.15, 0.2) is 0 Å². The van der Waals surface area contributed by atoms with E-state index in [9.17, 15) is 0 Å². The first-order chi connectivity index (χ1) is 9.06. The Bertz CT molecular complexity index is 574. The van der Waals surface area contributed by atoms with Crippen LogP contribution in [0.25, 0.3) is 11.1 Å². The van der Waals surface area contributed by atoms with Gasteiger partial charge in [-0.05, 0) is 36.4 Å². The Kier molecular flexibility index (Phi) is 2.63. The highest BCUT2D eigenvalue weighted by molar-refractivity contribution is 5.93. The van der Waals surface area contributed by atoms with Gasteiger partial charge in [-0.25, -0.2) is 5.32 Å². The molecule has 0 atom stereocenters. The minimum absolute atomic E-state index is 1.07. The molecule has 1 radical (unpaired) electrons. The van der Waals surface area contributed by atoms with E-state index in [0.717, 1.165) is 11.4 Å². The van der Waals surface area contributed by atoms with Crippen molar-refractivity contribution >= 4 is 22.7 Å². The Morgan fingerprint density at radius 2 is 1.11 bits per heavy atom. The average molecular weight is 252 g/mol. The van der Waals surface area contributed by atoms with Crippen molar-refractivity contribution in [2.45, 2.75) is 0 Å². The minimum atomic E-state index is 1.07. The average Bonchev–Trinajstić information content (AvgIpc) is 2.75. The summed E-state index contributed by atoms with van der Waals surface area (Å²) in [5.74, 6) is 0. The van der Waals surface area contributed by atoms with Gasteiger partial charge in [0, 0.05) is 50.7 Å². The van der Waals surface area contributed by atoms with E-state index < -0.39 is 0 Å². The zero-order chi connectivity index (χ0) is 13.6. The topological polar surface area (TPSA) is 20.6 Å². The number of benzene rings is 2. The molecule has 0 fully saturated rings. The fourth-order valence-electron chi connectivity index (χ4n) is 2.36. The van der Waals surface area contributed by atoms with Crippen molar-refractivity contribution in [3.8, 4) is 11.1 Å². The summed E-state index contributed by atoms with van der Waals surface area (Å²) in [5, 5.41) is 4.68. The molecule has 1 aliphatic rings. The van der Waals surface area contributed by atoms with Crippen LogP contribution >= 0.6 is 0 Å². The van der Waals surface area contributed by atoms with E-state index in [1.165, 1.54) is 22.5 Å². The molecule has 0 amide bonds. The largest absolute Gasteiger partial charge is 0.378 e. The predicted molar refractivity (Wildman–Crippen MR) is 82.0 cm³/mol. The van der Waals surface area contributed by atoms with Gasteiger partial charge < -0.3 is 9.80 Å². The molecule has 0 bridgehead atoms. The molecular formula is C16H18N3. The third kappa shape index (κ3) is 1.91. The first kappa shape index (κ1) is 11.9. The number of hydrogen-bond acceptors (Lipinski definition) is 2. The van der Waals surface area contributed by atoms with Gasteiger partial charge in [0.05, 0.1) is 11.4 Å². The van der Waals surface area contributed by atoms with E-state index in [2.05, 4.69) is 79.7 Å². The lowest BCUT2D eigenvalue weighted by Gasteiger charge is -2.15.